The molecule has 6 rings (SSSR count). The molecule has 2 aliphatic rings. The van der Waals surface area contributed by atoms with Crippen molar-refractivity contribution in [2.75, 3.05) is 24.5 Å². The molecule has 9 nitrogen and oxygen atoms in total. The van der Waals surface area contributed by atoms with Crippen molar-refractivity contribution in [2.24, 2.45) is 0 Å². The molecule has 10 heteroatoms. The second-order valence-electron chi connectivity index (χ2n) is 12.1. The predicted molar refractivity (Wildman–Crippen MR) is 173 cm³/mol. The Morgan fingerprint density at radius 3 is 2.57 bits per heavy atom. The minimum atomic E-state index is -0.478. The molecule has 3 aromatic heterocycles. The summed E-state index contributed by atoms with van der Waals surface area (Å²) in [7, 11) is 0. The molecule has 1 saturated heterocycles. The van der Waals surface area contributed by atoms with Crippen molar-refractivity contribution in [3.05, 3.63) is 86.6 Å². The van der Waals surface area contributed by atoms with Gasteiger partial charge < -0.3 is 9.80 Å². The fourth-order valence-corrected chi connectivity index (χ4v) is 6.81. The van der Waals surface area contributed by atoms with Crippen LogP contribution in [0.2, 0.25) is 5.02 Å². The highest BCUT2D eigenvalue weighted by molar-refractivity contribution is 6.34. The summed E-state index contributed by atoms with van der Waals surface area (Å²) < 4.78 is 1.56. The van der Waals surface area contributed by atoms with E-state index in [1.807, 2.05) is 63.8 Å². The first kappa shape index (κ1) is 29.7. The summed E-state index contributed by atoms with van der Waals surface area (Å²) in [4.78, 5) is 57.3. The Hall–Kier alpha value is -4.37. The molecule has 0 N–H and O–H groups in total. The number of fused-ring (bicyclic) bond motifs is 2. The SMILES string of the molecule is C=CC(=O)N1CCN(c2nc(=O)n(-c3c(C)ccnc3C(C)C)c3nc(-c4c(C)ccc5c4CC(=O)C5)c(Cl)cc23)C(C)C1. The number of aryl methyl sites for hydroxylation is 2. The summed E-state index contributed by atoms with van der Waals surface area (Å²) in [5.74, 6) is 0.525. The van der Waals surface area contributed by atoms with E-state index >= 15 is 0 Å². The van der Waals surface area contributed by atoms with Gasteiger partial charge in [-0.15, -0.1) is 0 Å². The van der Waals surface area contributed by atoms with Crippen LogP contribution in [0.5, 0.6) is 0 Å². The molecule has 1 unspecified atom stereocenters. The normalized spacial score (nSPS) is 16.6. The molecule has 1 aliphatic heterocycles. The van der Waals surface area contributed by atoms with Crippen LogP contribution in [-0.2, 0) is 22.4 Å². The van der Waals surface area contributed by atoms with Crippen LogP contribution in [0.4, 0.5) is 5.82 Å². The van der Waals surface area contributed by atoms with E-state index in [0.717, 1.165) is 33.5 Å². The van der Waals surface area contributed by atoms with E-state index in [2.05, 4.69) is 16.5 Å². The fraction of sp³-hybridized carbons (Fsp3) is 0.353. The third kappa shape index (κ3) is 4.89. The van der Waals surface area contributed by atoms with Gasteiger partial charge in [-0.1, -0.05) is 44.2 Å². The van der Waals surface area contributed by atoms with Crippen molar-refractivity contribution >= 4 is 40.1 Å². The van der Waals surface area contributed by atoms with Crippen LogP contribution >= 0.6 is 11.6 Å². The largest absolute Gasteiger partial charge is 0.355 e. The van der Waals surface area contributed by atoms with Crippen molar-refractivity contribution in [3.63, 3.8) is 0 Å². The van der Waals surface area contributed by atoms with Crippen LogP contribution < -0.4 is 10.6 Å². The number of hydrogen-bond donors (Lipinski definition) is 0. The van der Waals surface area contributed by atoms with Crippen LogP contribution in [0.3, 0.4) is 0 Å². The van der Waals surface area contributed by atoms with Crippen LogP contribution in [0, 0.1) is 13.8 Å². The van der Waals surface area contributed by atoms with Crippen LogP contribution in [0.25, 0.3) is 28.0 Å². The van der Waals surface area contributed by atoms with Gasteiger partial charge >= 0.3 is 5.69 Å². The lowest BCUT2D eigenvalue weighted by Crippen LogP contribution is -2.54. The topological polar surface area (TPSA) is 101 Å². The van der Waals surface area contributed by atoms with Gasteiger partial charge in [-0.05, 0) is 67.2 Å². The predicted octanol–water partition coefficient (Wildman–Crippen LogP) is 5.13. The molecule has 1 aromatic carbocycles. The maximum Gasteiger partial charge on any atom is 0.355 e. The highest BCUT2D eigenvalue weighted by Crippen LogP contribution is 2.40. The molecule has 4 aromatic rings. The average molecular weight is 611 g/mol. The van der Waals surface area contributed by atoms with Crippen molar-refractivity contribution < 1.29 is 9.59 Å². The number of amides is 1. The first-order chi connectivity index (χ1) is 21.0. The second kappa shape index (κ2) is 11.3. The maximum absolute atomic E-state index is 14.2. The van der Waals surface area contributed by atoms with E-state index in [4.69, 9.17) is 16.6 Å². The standard InChI is InChI=1S/C34H35ClN6O3/c1-7-27(43)39-12-13-40(21(6)17-39)32-25-16-26(35)30(28-19(4)8-9-22-14-23(42)15-24(22)28)37-33(25)41(34(44)38-32)31-20(5)10-11-36-29(31)18(2)3/h7-11,16,18,21H,1,12-15,17H2,2-6H3. The van der Waals surface area contributed by atoms with E-state index in [1.54, 1.807) is 15.7 Å². The summed E-state index contributed by atoms with van der Waals surface area (Å²) in [5, 5.41) is 1.02. The highest BCUT2D eigenvalue weighted by atomic mass is 35.5. The summed E-state index contributed by atoms with van der Waals surface area (Å²) in [5.41, 5.74) is 6.43. The quantitative estimate of drug-likeness (QED) is 0.289. The number of anilines is 1. The van der Waals surface area contributed by atoms with Crippen molar-refractivity contribution in [1.29, 1.82) is 0 Å². The van der Waals surface area contributed by atoms with E-state index < -0.39 is 5.69 Å². The van der Waals surface area contributed by atoms with E-state index in [0.29, 0.717) is 65.7 Å². The third-order valence-electron chi connectivity index (χ3n) is 8.73. The molecule has 0 radical (unpaired) electrons. The summed E-state index contributed by atoms with van der Waals surface area (Å²) >= 11 is 7.07. The number of ketones is 1. The number of carbonyl (C=O) groups excluding carboxylic acids is 2. The van der Waals surface area contributed by atoms with Gasteiger partial charge in [0.15, 0.2) is 5.65 Å². The van der Waals surface area contributed by atoms with Gasteiger partial charge in [0.1, 0.15) is 11.6 Å². The molecule has 1 atom stereocenters. The van der Waals surface area contributed by atoms with E-state index in [1.165, 1.54) is 6.08 Å². The van der Waals surface area contributed by atoms with Crippen LogP contribution in [0.1, 0.15) is 54.6 Å². The smallest absolute Gasteiger partial charge is 0.350 e. The van der Waals surface area contributed by atoms with Gasteiger partial charge in [0.2, 0.25) is 5.91 Å². The minimum absolute atomic E-state index is 0.0273. The fourth-order valence-electron chi connectivity index (χ4n) is 6.57. The van der Waals surface area contributed by atoms with Crippen molar-refractivity contribution in [1.82, 2.24) is 24.4 Å². The van der Waals surface area contributed by atoms with E-state index in [-0.39, 0.29) is 23.7 Å². The van der Waals surface area contributed by atoms with Gasteiger partial charge in [-0.2, -0.15) is 4.98 Å². The molecule has 44 heavy (non-hydrogen) atoms. The summed E-state index contributed by atoms with van der Waals surface area (Å²) in [6, 6.07) is 7.57. The molecular formula is C34H35ClN6O3. The molecule has 0 bridgehead atoms. The van der Waals surface area contributed by atoms with E-state index in [9.17, 15) is 14.4 Å². The van der Waals surface area contributed by atoms with Crippen LogP contribution in [0.15, 0.2) is 47.9 Å². The lowest BCUT2D eigenvalue weighted by atomic mass is 9.95. The zero-order valence-electron chi connectivity index (χ0n) is 25.6. The van der Waals surface area contributed by atoms with Gasteiger partial charge in [-0.25, -0.2) is 14.3 Å². The Bertz CT molecular complexity index is 1930. The van der Waals surface area contributed by atoms with Gasteiger partial charge in [0, 0.05) is 50.3 Å². The lowest BCUT2D eigenvalue weighted by molar-refractivity contribution is -0.126. The number of aromatic nitrogens is 4. The Balaban J connectivity index is 1.65. The molecular weight excluding hydrogens is 576 g/mol. The average Bonchev–Trinajstić information content (AvgIpc) is 3.37. The Morgan fingerprint density at radius 2 is 1.86 bits per heavy atom. The molecule has 0 saturated carbocycles. The second-order valence-corrected chi connectivity index (χ2v) is 12.5. The zero-order valence-corrected chi connectivity index (χ0v) is 26.4. The number of piperazine rings is 1. The van der Waals surface area contributed by atoms with Gasteiger partial charge in [0.05, 0.1) is 27.5 Å². The number of nitrogens with zero attached hydrogens (tertiary/aromatic N) is 6. The summed E-state index contributed by atoms with van der Waals surface area (Å²) in [6.07, 6.45) is 3.78. The highest BCUT2D eigenvalue weighted by Gasteiger charge is 2.31. The minimum Gasteiger partial charge on any atom is -0.350 e. The summed E-state index contributed by atoms with van der Waals surface area (Å²) in [6.45, 7) is 15.0. The number of Topliss-reactive ketones (excluding diaryl/α,β-unsaturated/α-hetero) is 1. The number of pyridine rings is 2. The molecule has 1 aliphatic carbocycles. The maximum atomic E-state index is 14.2. The Morgan fingerprint density at radius 1 is 1.09 bits per heavy atom. The first-order valence-electron chi connectivity index (χ1n) is 14.9. The Labute approximate surface area is 261 Å². The number of carbonyl (C=O) groups is 2. The van der Waals surface area contributed by atoms with Crippen LogP contribution in [-0.4, -0.2) is 61.8 Å². The first-order valence-corrected chi connectivity index (χ1v) is 15.3. The van der Waals surface area contributed by atoms with Crippen molar-refractivity contribution in [3.8, 4) is 16.9 Å². The number of benzene rings is 1. The third-order valence-corrected chi connectivity index (χ3v) is 9.02. The monoisotopic (exact) mass is 610 g/mol. The number of rotatable bonds is 5. The molecule has 226 valence electrons. The van der Waals surface area contributed by atoms with Crippen molar-refractivity contribution in [2.45, 2.75) is 59.4 Å². The number of hydrogen-bond acceptors (Lipinski definition) is 7. The lowest BCUT2D eigenvalue weighted by Gasteiger charge is -2.40. The molecule has 1 amide bonds. The van der Waals surface area contributed by atoms with Gasteiger partial charge in [0.25, 0.3) is 0 Å². The Kier molecular flexibility index (Phi) is 7.61. The molecule has 1 fully saturated rings. The number of halogens is 1. The zero-order chi connectivity index (χ0) is 31.4. The molecule has 4 heterocycles. The van der Waals surface area contributed by atoms with Gasteiger partial charge in [-0.3, -0.25) is 14.6 Å². The molecule has 0 spiro atoms.